The third kappa shape index (κ3) is 7.36. The standard InChI is InChI=1S/C35H45N5O6/c1-5-27-30(32(41)36-7-3)29(24-14-16-26(17-15-24)40(44)45)31(28(6-2)38-27)33(42)37-20-11-21-39-22-18-35(19-23-39,34(43)46-4)25-12-9-8-10-13-25/h8-10,12-17,29-30H,5-7,11,18-23H2,1-4H3,(H,36,41)(H,37,42). The van der Waals surface area contributed by atoms with Crippen molar-refractivity contribution >= 4 is 29.2 Å². The zero-order chi connectivity index (χ0) is 33.3. The number of aliphatic imine (C=N–C) groups is 1. The minimum Gasteiger partial charge on any atom is -0.468 e. The summed E-state index contributed by atoms with van der Waals surface area (Å²) in [5, 5.41) is 17.3. The fourth-order valence-electron chi connectivity index (χ4n) is 6.75. The van der Waals surface area contributed by atoms with Crippen molar-refractivity contribution in [3.63, 3.8) is 0 Å². The molecule has 4 rings (SSSR count). The molecule has 2 atom stereocenters. The van der Waals surface area contributed by atoms with Crippen LogP contribution in [0.2, 0.25) is 0 Å². The number of ether oxygens (including phenoxy) is 1. The molecule has 1 saturated heterocycles. The third-order valence-corrected chi connectivity index (χ3v) is 9.18. The van der Waals surface area contributed by atoms with Gasteiger partial charge in [-0.25, -0.2) is 0 Å². The highest BCUT2D eigenvalue weighted by molar-refractivity contribution is 6.10. The summed E-state index contributed by atoms with van der Waals surface area (Å²) in [7, 11) is 1.44. The lowest BCUT2D eigenvalue weighted by Crippen LogP contribution is -2.48. The Hall–Kier alpha value is -4.38. The van der Waals surface area contributed by atoms with E-state index in [2.05, 4.69) is 15.5 Å². The van der Waals surface area contributed by atoms with Gasteiger partial charge in [0.25, 0.3) is 5.69 Å². The topological polar surface area (TPSA) is 143 Å². The number of non-ortho nitro benzene ring substituents is 1. The molecule has 2 aromatic carbocycles. The lowest BCUT2D eigenvalue weighted by atomic mass is 9.72. The Bertz CT molecular complexity index is 1460. The Morgan fingerprint density at radius 1 is 1.00 bits per heavy atom. The Morgan fingerprint density at radius 2 is 1.67 bits per heavy atom. The van der Waals surface area contributed by atoms with Crippen LogP contribution in [0.15, 0.2) is 70.9 Å². The molecule has 0 spiro atoms. The van der Waals surface area contributed by atoms with Crippen molar-refractivity contribution < 1.29 is 24.0 Å². The first-order chi connectivity index (χ1) is 22.2. The van der Waals surface area contributed by atoms with E-state index in [1.807, 2.05) is 51.1 Å². The number of hydrogen-bond donors (Lipinski definition) is 2. The van der Waals surface area contributed by atoms with Crippen LogP contribution in [-0.4, -0.2) is 73.2 Å². The lowest BCUT2D eigenvalue weighted by Gasteiger charge is -2.40. The van der Waals surface area contributed by atoms with Crippen molar-refractivity contribution in [1.82, 2.24) is 15.5 Å². The summed E-state index contributed by atoms with van der Waals surface area (Å²) < 4.78 is 5.22. The van der Waals surface area contributed by atoms with Crippen molar-refractivity contribution in [2.45, 2.75) is 64.2 Å². The molecule has 246 valence electrons. The quantitative estimate of drug-likeness (QED) is 0.142. The average molecular weight is 632 g/mol. The van der Waals surface area contributed by atoms with Crippen LogP contribution in [0.3, 0.4) is 0 Å². The van der Waals surface area contributed by atoms with E-state index in [0.717, 1.165) is 25.2 Å². The minimum atomic E-state index is -0.713. The molecule has 2 heterocycles. The van der Waals surface area contributed by atoms with Crippen LogP contribution < -0.4 is 10.6 Å². The Kier molecular flexibility index (Phi) is 11.8. The molecule has 0 aliphatic carbocycles. The number of likely N-dealkylation sites (tertiary alicyclic amines) is 1. The molecular weight excluding hydrogens is 586 g/mol. The van der Waals surface area contributed by atoms with E-state index >= 15 is 0 Å². The van der Waals surface area contributed by atoms with Gasteiger partial charge >= 0.3 is 5.97 Å². The van der Waals surface area contributed by atoms with Gasteiger partial charge in [-0.3, -0.25) is 29.5 Å². The zero-order valence-corrected chi connectivity index (χ0v) is 27.2. The normalized spacial score (nSPS) is 19.6. The fraction of sp³-hybridized carbons (Fsp3) is 0.486. The number of rotatable bonds is 13. The summed E-state index contributed by atoms with van der Waals surface area (Å²) in [6.07, 6.45) is 3.02. The number of carbonyl (C=O) groups excluding carboxylic acids is 3. The van der Waals surface area contributed by atoms with E-state index in [4.69, 9.17) is 9.73 Å². The molecule has 11 nitrogen and oxygen atoms in total. The molecular formula is C35H45N5O6. The van der Waals surface area contributed by atoms with Gasteiger partial charge in [0.1, 0.15) is 0 Å². The van der Waals surface area contributed by atoms with Crippen molar-refractivity contribution in [1.29, 1.82) is 0 Å². The first-order valence-electron chi connectivity index (χ1n) is 16.2. The number of nitrogens with one attached hydrogen (secondary N) is 2. The highest BCUT2D eigenvalue weighted by atomic mass is 16.6. The number of hydrogen-bond acceptors (Lipinski definition) is 8. The van der Waals surface area contributed by atoms with Gasteiger partial charge in [-0.2, -0.15) is 0 Å². The zero-order valence-electron chi connectivity index (χ0n) is 27.2. The SMILES string of the molecule is CCNC(=O)C1C(CC)=NC(CC)=C(C(=O)NCCCN2CCC(C(=O)OC)(c3ccccc3)CC2)C1c1ccc([N+](=O)[O-])cc1. The van der Waals surface area contributed by atoms with Gasteiger partial charge in [-0.15, -0.1) is 0 Å². The average Bonchev–Trinajstić information content (AvgIpc) is 3.09. The lowest BCUT2D eigenvalue weighted by molar-refractivity contribution is -0.384. The second-order valence-corrected chi connectivity index (χ2v) is 11.8. The first-order valence-corrected chi connectivity index (χ1v) is 16.2. The van der Waals surface area contributed by atoms with Gasteiger partial charge in [0.05, 0.1) is 23.4 Å². The number of allylic oxidation sites excluding steroid dienone is 1. The van der Waals surface area contributed by atoms with Crippen LogP contribution >= 0.6 is 0 Å². The van der Waals surface area contributed by atoms with Gasteiger partial charge in [-0.05, 0) is 69.8 Å². The van der Waals surface area contributed by atoms with Crippen molar-refractivity contribution in [2.24, 2.45) is 10.9 Å². The number of piperidine rings is 1. The van der Waals surface area contributed by atoms with E-state index in [0.29, 0.717) is 67.7 Å². The molecule has 2 aromatic rings. The summed E-state index contributed by atoms with van der Waals surface area (Å²) in [4.78, 5) is 58.2. The molecule has 0 aromatic heterocycles. The van der Waals surface area contributed by atoms with Gasteiger partial charge in [0.15, 0.2) is 0 Å². The number of carbonyl (C=O) groups is 3. The number of methoxy groups -OCH3 is 1. The molecule has 0 bridgehead atoms. The van der Waals surface area contributed by atoms with Gasteiger partial charge in [0, 0.05) is 48.1 Å². The molecule has 11 heteroatoms. The minimum absolute atomic E-state index is 0.0606. The number of nitrogens with zero attached hydrogens (tertiary/aromatic N) is 3. The predicted molar refractivity (Wildman–Crippen MR) is 176 cm³/mol. The smallest absolute Gasteiger partial charge is 0.316 e. The Morgan fingerprint density at radius 3 is 2.24 bits per heavy atom. The number of nitro groups is 1. The van der Waals surface area contributed by atoms with Crippen LogP contribution in [0, 0.1) is 16.0 Å². The first kappa shape index (κ1) is 34.5. The number of benzene rings is 2. The van der Waals surface area contributed by atoms with Crippen LogP contribution in [0.25, 0.3) is 0 Å². The summed E-state index contributed by atoms with van der Waals surface area (Å²) >= 11 is 0. The van der Waals surface area contributed by atoms with Crippen LogP contribution in [0.4, 0.5) is 5.69 Å². The molecule has 2 amide bonds. The molecule has 2 aliphatic heterocycles. The molecule has 2 unspecified atom stereocenters. The van der Waals surface area contributed by atoms with Crippen LogP contribution in [0.5, 0.6) is 0 Å². The Balaban J connectivity index is 1.48. The fourth-order valence-corrected chi connectivity index (χ4v) is 6.75. The summed E-state index contributed by atoms with van der Waals surface area (Å²) in [6.45, 7) is 8.75. The maximum absolute atomic E-state index is 13.9. The van der Waals surface area contributed by atoms with Crippen molar-refractivity contribution in [2.75, 3.05) is 39.8 Å². The third-order valence-electron chi connectivity index (χ3n) is 9.18. The van der Waals surface area contributed by atoms with Crippen LogP contribution in [0.1, 0.15) is 69.9 Å². The Labute approximate surface area is 270 Å². The maximum atomic E-state index is 13.9. The van der Waals surface area contributed by atoms with E-state index in [-0.39, 0.29) is 23.5 Å². The van der Waals surface area contributed by atoms with Crippen LogP contribution in [-0.2, 0) is 24.5 Å². The molecule has 2 N–H and O–H groups in total. The van der Waals surface area contributed by atoms with Gasteiger partial charge < -0.3 is 20.3 Å². The predicted octanol–water partition coefficient (Wildman–Crippen LogP) is 4.67. The second kappa shape index (κ2) is 15.8. The van der Waals surface area contributed by atoms with E-state index < -0.39 is 22.2 Å². The van der Waals surface area contributed by atoms with Gasteiger partial charge in [0.2, 0.25) is 11.8 Å². The maximum Gasteiger partial charge on any atom is 0.316 e. The summed E-state index contributed by atoms with van der Waals surface area (Å²) in [6, 6.07) is 15.9. The van der Waals surface area contributed by atoms with Crippen molar-refractivity contribution in [3.05, 3.63) is 87.1 Å². The molecule has 1 fully saturated rings. The highest BCUT2D eigenvalue weighted by Crippen LogP contribution is 2.41. The highest BCUT2D eigenvalue weighted by Gasteiger charge is 2.44. The van der Waals surface area contributed by atoms with E-state index in [9.17, 15) is 24.5 Å². The van der Waals surface area contributed by atoms with Crippen molar-refractivity contribution in [3.8, 4) is 0 Å². The number of esters is 1. The largest absolute Gasteiger partial charge is 0.468 e. The summed E-state index contributed by atoms with van der Waals surface area (Å²) in [5.74, 6) is -2.08. The number of amides is 2. The van der Waals surface area contributed by atoms with E-state index in [1.165, 1.54) is 19.2 Å². The molecule has 46 heavy (non-hydrogen) atoms. The van der Waals surface area contributed by atoms with Gasteiger partial charge in [-0.1, -0.05) is 56.3 Å². The second-order valence-electron chi connectivity index (χ2n) is 11.8. The molecule has 0 radical (unpaired) electrons. The number of nitro benzene ring substituents is 1. The summed E-state index contributed by atoms with van der Waals surface area (Å²) in [5.41, 5.74) is 2.64. The molecule has 0 saturated carbocycles. The van der Waals surface area contributed by atoms with E-state index in [1.54, 1.807) is 12.1 Å². The monoisotopic (exact) mass is 631 g/mol. The molecule has 2 aliphatic rings.